The smallest absolute Gasteiger partial charge is 0.164 e. The molecule has 10 aromatic rings. The van der Waals surface area contributed by atoms with Gasteiger partial charge < -0.3 is 8.83 Å². The zero-order valence-electron chi connectivity index (χ0n) is 31.4. The molecule has 7 aromatic carbocycles. The van der Waals surface area contributed by atoms with Crippen LogP contribution in [0.4, 0.5) is 0 Å². The monoisotopic (exact) mass is 701 g/mol. The Morgan fingerprint density at radius 1 is 0.345 bits per heavy atom. The van der Waals surface area contributed by atoms with Crippen LogP contribution in [0.5, 0.6) is 0 Å². The first-order valence-corrected chi connectivity index (χ1v) is 18.7. The molecule has 10 heteroatoms. The van der Waals surface area contributed by atoms with Crippen molar-refractivity contribution >= 4 is 110 Å². The number of furan rings is 2. The summed E-state index contributed by atoms with van der Waals surface area (Å²) in [5.74, 6) is 1.83. The summed E-state index contributed by atoms with van der Waals surface area (Å²) in [5.41, 5.74) is 17.3. The van der Waals surface area contributed by atoms with Gasteiger partial charge in [0.1, 0.15) is 61.6 Å². The van der Waals surface area contributed by atoms with E-state index in [1.165, 1.54) is 38.4 Å². The predicted molar refractivity (Wildman–Crippen MR) is 242 cm³/mol. The van der Waals surface area contributed by atoms with E-state index >= 15 is 0 Å². The molecule has 0 amide bonds. The molecule has 0 radical (unpaired) electrons. The molecule has 55 heavy (non-hydrogen) atoms. The van der Waals surface area contributed by atoms with Crippen molar-refractivity contribution in [3.63, 3.8) is 0 Å². The number of hydrogen-bond acceptors (Lipinski definition) is 5. The lowest BCUT2D eigenvalue weighted by Crippen LogP contribution is -2.55. The van der Waals surface area contributed by atoms with Crippen molar-refractivity contribution in [3.8, 4) is 56.4 Å². The van der Waals surface area contributed by atoms with Gasteiger partial charge in [0, 0.05) is 43.8 Å². The number of benzene rings is 7. The quantitative estimate of drug-likeness (QED) is 0.258. The molecular formula is C45H32B5N3O2. The maximum Gasteiger partial charge on any atom is 0.164 e. The van der Waals surface area contributed by atoms with E-state index in [9.17, 15) is 0 Å². The number of hydrogen-bond donors (Lipinski definition) is 0. The van der Waals surface area contributed by atoms with Crippen LogP contribution in [0.15, 0.2) is 142 Å². The third-order valence-electron chi connectivity index (χ3n) is 11.5. The van der Waals surface area contributed by atoms with Gasteiger partial charge in [0.15, 0.2) is 17.5 Å². The van der Waals surface area contributed by atoms with Crippen LogP contribution in [0.2, 0.25) is 0 Å². The topological polar surface area (TPSA) is 65.0 Å². The molecule has 0 unspecified atom stereocenters. The second kappa shape index (κ2) is 12.8. The molecule has 0 N–H and O–H groups in total. The van der Waals surface area contributed by atoms with Crippen LogP contribution in [-0.2, 0) is 0 Å². The molecule has 5 nitrogen and oxygen atoms in total. The maximum atomic E-state index is 6.57. The van der Waals surface area contributed by atoms with Crippen molar-refractivity contribution < 1.29 is 8.83 Å². The van der Waals surface area contributed by atoms with Crippen molar-refractivity contribution in [3.05, 3.63) is 133 Å². The summed E-state index contributed by atoms with van der Waals surface area (Å²) >= 11 is 0. The largest absolute Gasteiger partial charge is 0.456 e. The number of para-hydroxylation sites is 2. The molecule has 0 bridgehead atoms. The van der Waals surface area contributed by atoms with Gasteiger partial charge in [-0.3, -0.25) is 0 Å². The third kappa shape index (κ3) is 5.43. The molecular weight excluding hydrogens is 669 g/mol. The highest BCUT2D eigenvalue weighted by Crippen LogP contribution is 2.39. The van der Waals surface area contributed by atoms with E-state index in [1.807, 2.05) is 54.6 Å². The average molecular weight is 701 g/mol. The standard InChI is InChI=1S/C45H32B5N3O2/c46-37-36(38(47)40(49)41(50)39(37)48)23-13-15-25(16-14-23)44-51-43(24-7-2-1-3-8-24)52-45(53-44)27-18-20-31-30-19-17-26(21-34(30)54-35(31)22-27)28-10-6-11-32-29-9-4-5-12-33(29)55-42(28)32/h1-22H,46-50H2. The normalized spacial score (nSPS) is 11.6. The van der Waals surface area contributed by atoms with Gasteiger partial charge in [0.05, 0.1) is 0 Å². The minimum Gasteiger partial charge on any atom is -0.456 e. The van der Waals surface area contributed by atoms with Gasteiger partial charge in [0.25, 0.3) is 0 Å². The van der Waals surface area contributed by atoms with Crippen molar-refractivity contribution in [1.82, 2.24) is 15.0 Å². The van der Waals surface area contributed by atoms with Gasteiger partial charge in [-0.05, 0) is 47.0 Å². The third-order valence-corrected chi connectivity index (χ3v) is 11.5. The summed E-state index contributed by atoms with van der Waals surface area (Å²) in [5, 5.41) is 4.30. The van der Waals surface area contributed by atoms with Crippen molar-refractivity contribution in [2.45, 2.75) is 0 Å². The first kappa shape index (κ1) is 33.1. The van der Waals surface area contributed by atoms with E-state index in [0.29, 0.717) is 17.5 Å². The summed E-state index contributed by atoms with van der Waals surface area (Å²) in [6.07, 6.45) is 0. The number of rotatable bonds is 5. The van der Waals surface area contributed by atoms with Crippen LogP contribution in [0, 0.1) is 0 Å². The molecule has 0 fully saturated rings. The lowest BCUT2D eigenvalue weighted by atomic mass is 9.59. The molecule has 0 saturated heterocycles. The van der Waals surface area contributed by atoms with Crippen LogP contribution >= 0.6 is 0 Å². The fraction of sp³-hybridized carbons (Fsp3) is 0. The predicted octanol–water partition coefficient (Wildman–Crippen LogP) is 3.30. The zero-order valence-corrected chi connectivity index (χ0v) is 31.4. The summed E-state index contributed by atoms with van der Waals surface area (Å²) in [7, 11) is 11.1. The van der Waals surface area contributed by atoms with Gasteiger partial charge in [-0.15, -0.1) is 16.4 Å². The molecule has 0 atom stereocenters. The van der Waals surface area contributed by atoms with E-state index in [1.54, 1.807) is 0 Å². The van der Waals surface area contributed by atoms with Gasteiger partial charge >= 0.3 is 0 Å². The fourth-order valence-corrected chi connectivity index (χ4v) is 8.13. The minimum atomic E-state index is 0.587. The summed E-state index contributed by atoms with van der Waals surface area (Å²) in [4.78, 5) is 15.1. The molecule has 0 saturated carbocycles. The number of nitrogens with zero attached hydrogens (tertiary/aromatic N) is 3. The van der Waals surface area contributed by atoms with Crippen LogP contribution in [-0.4, -0.2) is 54.2 Å². The second-order valence-corrected chi connectivity index (χ2v) is 14.6. The van der Waals surface area contributed by atoms with E-state index in [2.05, 4.69) is 118 Å². The van der Waals surface area contributed by atoms with Crippen LogP contribution in [0.25, 0.3) is 100 Å². The van der Waals surface area contributed by atoms with Gasteiger partial charge in [-0.25, -0.2) is 15.0 Å². The van der Waals surface area contributed by atoms with Crippen molar-refractivity contribution in [2.24, 2.45) is 0 Å². The fourth-order valence-electron chi connectivity index (χ4n) is 8.13. The zero-order chi connectivity index (χ0) is 37.4. The first-order valence-electron chi connectivity index (χ1n) is 18.7. The molecule has 254 valence electrons. The SMILES string of the molecule is Bc1c(B)c(B)c(-c2ccc(-c3nc(-c4ccccc4)nc(-c4ccc5c(c4)oc4cc(-c6cccc7c6oc6ccccc67)ccc45)n3)cc2)c(B)c1B. The summed E-state index contributed by atoms with van der Waals surface area (Å²) in [6, 6.07) is 45.8. The van der Waals surface area contributed by atoms with Crippen LogP contribution in [0.1, 0.15) is 0 Å². The van der Waals surface area contributed by atoms with Gasteiger partial charge in [0.2, 0.25) is 0 Å². The number of aromatic nitrogens is 3. The Balaban J connectivity index is 1.06. The lowest BCUT2D eigenvalue weighted by Gasteiger charge is -2.20. The van der Waals surface area contributed by atoms with E-state index in [4.69, 9.17) is 23.8 Å². The Morgan fingerprint density at radius 3 is 1.53 bits per heavy atom. The molecule has 3 heterocycles. The van der Waals surface area contributed by atoms with Crippen molar-refractivity contribution in [1.29, 1.82) is 0 Å². The Kier molecular flexibility index (Phi) is 7.70. The molecule has 10 rings (SSSR count). The second-order valence-electron chi connectivity index (χ2n) is 14.6. The van der Waals surface area contributed by atoms with Crippen LogP contribution < -0.4 is 27.3 Å². The molecule has 0 aliphatic heterocycles. The van der Waals surface area contributed by atoms with Gasteiger partial charge in [-0.1, -0.05) is 114 Å². The van der Waals surface area contributed by atoms with Crippen molar-refractivity contribution in [2.75, 3.05) is 0 Å². The molecule has 0 spiro atoms. The molecule has 3 aromatic heterocycles. The molecule has 0 aliphatic rings. The Bertz CT molecular complexity index is 3130. The Labute approximate surface area is 322 Å². The average Bonchev–Trinajstić information content (AvgIpc) is 3.80. The lowest BCUT2D eigenvalue weighted by molar-refractivity contribution is 0.668. The van der Waals surface area contributed by atoms with E-state index in [-0.39, 0.29) is 0 Å². The van der Waals surface area contributed by atoms with Crippen LogP contribution in [0.3, 0.4) is 0 Å². The number of fused-ring (bicyclic) bond motifs is 6. The minimum absolute atomic E-state index is 0.587. The first-order chi connectivity index (χ1) is 26.8. The summed E-state index contributed by atoms with van der Waals surface area (Å²) < 4.78 is 12.9. The van der Waals surface area contributed by atoms with E-state index in [0.717, 1.165) is 71.7 Å². The Morgan fingerprint density at radius 2 is 0.836 bits per heavy atom. The highest BCUT2D eigenvalue weighted by atomic mass is 16.3. The highest BCUT2D eigenvalue weighted by molar-refractivity contribution is 6.68. The van der Waals surface area contributed by atoms with E-state index < -0.39 is 0 Å². The maximum absolute atomic E-state index is 6.57. The summed E-state index contributed by atoms with van der Waals surface area (Å²) in [6.45, 7) is 0. The van der Waals surface area contributed by atoms with Gasteiger partial charge in [-0.2, -0.15) is 0 Å². The highest BCUT2D eigenvalue weighted by Gasteiger charge is 2.18. The Hall–Kier alpha value is -6.53. The molecule has 0 aliphatic carbocycles.